The predicted molar refractivity (Wildman–Crippen MR) is 98.7 cm³/mol. The molecule has 2 N–H and O–H groups in total. The van der Waals surface area contributed by atoms with Crippen LogP contribution >= 0.6 is 28.1 Å². The van der Waals surface area contributed by atoms with Crippen LogP contribution in [0.5, 0.6) is 5.75 Å². The van der Waals surface area contributed by atoms with Crippen LogP contribution in [0.2, 0.25) is 0 Å². The largest absolute Gasteiger partial charge is 0.495 e. The van der Waals surface area contributed by atoms with Gasteiger partial charge in [-0.05, 0) is 37.3 Å². The number of hydrazone groups is 1. The maximum absolute atomic E-state index is 5.26. The van der Waals surface area contributed by atoms with E-state index in [0.717, 1.165) is 27.2 Å². The first kappa shape index (κ1) is 16.5. The zero-order valence-corrected chi connectivity index (χ0v) is 14.7. The molecule has 2 rings (SSSR count). The fourth-order valence-corrected chi connectivity index (χ4v) is 2.57. The zero-order valence-electron chi connectivity index (χ0n) is 12.3. The molecule has 0 spiro atoms. The number of rotatable bonds is 4. The van der Waals surface area contributed by atoms with Crippen molar-refractivity contribution in [3.8, 4) is 5.75 Å². The van der Waals surface area contributed by atoms with Gasteiger partial charge in [0.25, 0.3) is 0 Å². The number of hydrogen-bond donors (Lipinski definition) is 2. The van der Waals surface area contributed by atoms with E-state index in [1.54, 1.807) is 7.11 Å². The van der Waals surface area contributed by atoms with Crippen molar-refractivity contribution in [3.05, 3.63) is 58.6 Å². The summed E-state index contributed by atoms with van der Waals surface area (Å²) >= 11 is 8.75. The van der Waals surface area contributed by atoms with Crippen LogP contribution in [0.4, 0.5) is 5.69 Å². The number of para-hydroxylation sites is 2. The van der Waals surface area contributed by atoms with Gasteiger partial charge in [-0.25, -0.2) is 0 Å². The first-order valence-electron chi connectivity index (χ1n) is 6.61. The van der Waals surface area contributed by atoms with Crippen LogP contribution < -0.4 is 15.5 Å². The Morgan fingerprint density at radius 3 is 2.55 bits per heavy atom. The number of ether oxygens (including phenoxy) is 1. The zero-order chi connectivity index (χ0) is 15.9. The Hall–Kier alpha value is -1.92. The van der Waals surface area contributed by atoms with Crippen molar-refractivity contribution in [1.82, 2.24) is 5.43 Å². The summed E-state index contributed by atoms with van der Waals surface area (Å²) in [5.41, 5.74) is 5.47. The van der Waals surface area contributed by atoms with Gasteiger partial charge < -0.3 is 10.1 Å². The molecular weight excluding hydrogens is 362 g/mol. The molecule has 0 aromatic heterocycles. The van der Waals surface area contributed by atoms with Crippen molar-refractivity contribution in [2.24, 2.45) is 5.10 Å². The van der Waals surface area contributed by atoms with Crippen LogP contribution in [0.25, 0.3) is 0 Å². The first-order chi connectivity index (χ1) is 10.6. The number of halogens is 1. The molecule has 0 aliphatic rings. The highest BCUT2D eigenvalue weighted by atomic mass is 79.9. The number of hydrogen-bond acceptors (Lipinski definition) is 3. The molecule has 4 nitrogen and oxygen atoms in total. The average molecular weight is 378 g/mol. The van der Waals surface area contributed by atoms with Crippen molar-refractivity contribution in [2.45, 2.75) is 6.92 Å². The Morgan fingerprint density at radius 2 is 1.82 bits per heavy atom. The Balaban J connectivity index is 2.03. The molecule has 0 amide bonds. The molecule has 22 heavy (non-hydrogen) atoms. The normalized spacial score (nSPS) is 11.0. The monoisotopic (exact) mass is 377 g/mol. The minimum absolute atomic E-state index is 0.399. The van der Waals surface area contributed by atoms with E-state index in [-0.39, 0.29) is 0 Å². The van der Waals surface area contributed by atoms with Gasteiger partial charge in [0.2, 0.25) is 0 Å². The fraction of sp³-hybridized carbons (Fsp3) is 0.125. The van der Waals surface area contributed by atoms with E-state index >= 15 is 0 Å². The molecule has 0 radical (unpaired) electrons. The Bertz CT molecular complexity index is 703. The number of nitrogens with one attached hydrogen (secondary N) is 2. The van der Waals surface area contributed by atoms with E-state index in [0.29, 0.717) is 5.11 Å². The molecule has 114 valence electrons. The lowest BCUT2D eigenvalue weighted by molar-refractivity contribution is 0.417. The molecule has 2 aromatic carbocycles. The minimum Gasteiger partial charge on any atom is -0.495 e. The molecule has 0 heterocycles. The van der Waals surface area contributed by atoms with Gasteiger partial charge in [0.05, 0.1) is 18.5 Å². The highest BCUT2D eigenvalue weighted by Gasteiger charge is 2.05. The van der Waals surface area contributed by atoms with Crippen LogP contribution in [0.15, 0.2) is 58.1 Å². The molecule has 0 aliphatic heterocycles. The van der Waals surface area contributed by atoms with E-state index in [9.17, 15) is 0 Å². The summed E-state index contributed by atoms with van der Waals surface area (Å²) in [4.78, 5) is 0. The number of anilines is 1. The van der Waals surface area contributed by atoms with Gasteiger partial charge in [-0.15, -0.1) is 0 Å². The lowest BCUT2D eigenvalue weighted by Crippen LogP contribution is -2.25. The van der Waals surface area contributed by atoms with Crippen LogP contribution in [0.3, 0.4) is 0 Å². The van der Waals surface area contributed by atoms with E-state index in [2.05, 4.69) is 31.8 Å². The molecule has 0 bridgehead atoms. The van der Waals surface area contributed by atoms with Crippen LogP contribution in [-0.4, -0.2) is 17.9 Å². The second-order valence-electron chi connectivity index (χ2n) is 4.44. The third kappa shape index (κ3) is 4.29. The fourth-order valence-electron chi connectivity index (χ4n) is 1.85. The van der Waals surface area contributed by atoms with E-state index in [1.807, 2.05) is 55.5 Å². The highest BCUT2D eigenvalue weighted by Crippen LogP contribution is 2.22. The second-order valence-corrected chi connectivity index (χ2v) is 5.71. The number of thiocarbonyl (C=S) groups is 1. The molecule has 0 aliphatic carbocycles. The maximum atomic E-state index is 5.26. The third-order valence-corrected chi connectivity index (χ3v) is 3.83. The van der Waals surface area contributed by atoms with Crippen LogP contribution in [0.1, 0.15) is 12.5 Å². The summed E-state index contributed by atoms with van der Waals surface area (Å²) < 4.78 is 6.25. The lowest BCUT2D eigenvalue weighted by atomic mass is 10.1. The van der Waals surface area contributed by atoms with Gasteiger partial charge in [0, 0.05) is 10.0 Å². The molecular formula is C16H16BrN3OS. The van der Waals surface area contributed by atoms with Crippen LogP contribution in [0, 0.1) is 0 Å². The van der Waals surface area contributed by atoms with Crippen molar-refractivity contribution in [2.75, 3.05) is 12.4 Å². The van der Waals surface area contributed by atoms with E-state index in [1.165, 1.54) is 0 Å². The van der Waals surface area contributed by atoms with E-state index < -0.39 is 0 Å². The van der Waals surface area contributed by atoms with Gasteiger partial charge in [-0.2, -0.15) is 5.10 Å². The summed E-state index contributed by atoms with van der Waals surface area (Å²) in [5, 5.41) is 7.76. The third-order valence-electron chi connectivity index (χ3n) is 2.94. The predicted octanol–water partition coefficient (Wildman–Crippen LogP) is 4.17. The van der Waals surface area contributed by atoms with Crippen molar-refractivity contribution < 1.29 is 4.74 Å². The lowest BCUT2D eigenvalue weighted by Gasteiger charge is -2.11. The summed E-state index contributed by atoms with van der Waals surface area (Å²) in [6.45, 7) is 1.92. The molecule has 2 aromatic rings. The Morgan fingerprint density at radius 1 is 1.14 bits per heavy atom. The smallest absolute Gasteiger partial charge is 0.191 e. The van der Waals surface area contributed by atoms with Gasteiger partial charge >= 0.3 is 0 Å². The molecule has 0 unspecified atom stereocenters. The average Bonchev–Trinajstić information content (AvgIpc) is 2.53. The SMILES string of the molecule is COc1ccccc1NC(=S)N/N=C(/C)c1ccccc1Br. The second kappa shape index (κ2) is 7.91. The molecule has 0 fully saturated rings. The summed E-state index contributed by atoms with van der Waals surface area (Å²) in [7, 11) is 1.62. The summed E-state index contributed by atoms with van der Waals surface area (Å²) in [6, 6.07) is 15.4. The standard InChI is InChI=1S/C16H16BrN3OS/c1-11(12-7-3-4-8-13(12)17)19-20-16(22)18-14-9-5-6-10-15(14)21-2/h3-10H,1-2H3,(H2,18,20,22)/b19-11-. The van der Waals surface area contributed by atoms with Crippen molar-refractivity contribution in [1.29, 1.82) is 0 Å². The van der Waals surface area contributed by atoms with Crippen LogP contribution in [-0.2, 0) is 0 Å². The van der Waals surface area contributed by atoms with Gasteiger partial charge in [-0.1, -0.05) is 46.3 Å². The van der Waals surface area contributed by atoms with Gasteiger partial charge in [0.1, 0.15) is 5.75 Å². The molecule has 0 atom stereocenters. The summed E-state index contributed by atoms with van der Waals surface area (Å²) in [6.07, 6.45) is 0. The summed E-state index contributed by atoms with van der Waals surface area (Å²) in [5.74, 6) is 0.721. The first-order valence-corrected chi connectivity index (χ1v) is 7.81. The molecule has 0 saturated heterocycles. The van der Waals surface area contributed by atoms with Gasteiger partial charge in [-0.3, -0.25) is 5.43 Å². The van der Waals surface area contributed by atoms with E-state index in [4.69, 9.17) is 17.0 Å². The number of nitrogens with zero attached hydrogens (tertiary/aromatic N) is 1. The molecule has 6 heteroatoms. The van der Waals surface area contributed by atoms with Crippen molar-refractivity contribution in [3.63, 3.8) is 0 Å². The minimum atomic E-state index is 0.399. The van der Waals surface area contributed by atoms with Gasteiger partial charge in [0.15, 0.2) is 5.11 Å². The topological polar surface area (TPSA) is 45.6 Å². The quantitative estimate of drug-likeness (QED) is 0.476. The van der Waals surface area contributed by atoms with Crippen molar-refractivity contribution >= 4 is 44.7 Å². The Kier molecular flexibility index (Phi) is 5.91. The number of benzene rings is 2. The maximum Gasteiger partial charge on any atom is 0.191 e. The number of methoxy groups -OCH3 is 1. The Labute approximate surface area is 143 Å². The highest BCUT2D eigenvalue weighted by molar-refractivity contribution is 9.10. The molecule has 0 saturated carbocycles.